The molecule has 1 aliphatic rings. The maximum atomic E-state index is 11.9. The summed E-state index contributed by atoms with van der Waals surface area (Å²) in [7, 11) is 0. The lowest BCUT2D eigenvalue weighted by molar-refractivity contribution is -0.152. The highest BCUT2D eigenvalue weighted by molar-refractivity contribution is 5.94. The molecule has 24 heavy (non-hydrogen) atoms. The first-order chi connectivity index (χ1) is 11.4. The standard InChI is InChI=1S/C19H29N3O2/c1-19(2,3)24-17(23)14-20-18(21-15-10-6-4-7-11-15)22-16-12-8-5-9-13-16/h4,6-7,10-11,16H,5,8-9,12-14H2,1-3H3,(H2,20,21,22). The smallest absolute Gasteiger partial charge is 0.328 e. The third-order valence-corrected chi connectivity index (χ3v) is 3.77. The van der Waals surface area contributed by atoms with Crippen LogP contribution in [0.1, 0.15) is 52.9 Å². The molecule has 1 aromatic rings. The van der Waals surface area contributed by atoms with E-state index in [4.69, 9.17) is 4.74 Å². The monoisotopic (exact) mass is 331 g/mol. The number of hydrogen-bond acceptors (Lipinski definition) is 3. The molecule has 1 saturated carbocycles. The van der Waals surface area contributed by atoms with Crippen LogP contribution in [0, 0.1) is 0 Å². The summed E-state index contributed by atoms with van der Waals surface area (Å²) >= 11 is 0. The fraction of sp³-hybridized carbons (Fsp3) is 0.579. The van der Waals surface area contributed by atoms with Gasteiger partial charge in [0.2, 0.25) is 0 Å². The lowest BCUT2D eigenvalue weighted by atomic mass is 9.96. The number of guanidine groups is 1. The van der Waals surface area contributed by atoms with Crippen molar-refractivity contribution in [3.05, 3.63) is 30.3 Å². The minimum absolute atomic E-state index is 0.00611. The number of esters is 1. The highest BCUT2D eigenvalue weighted by Crippen LogP contribution is 2.17. The highest BCUT2D eigenvalue weighted by Gasteiger charge is 2.17. The third kappa shape index (κ3) is 7.02. The Hall–Kier alpha value is -2.04. The Morgan fingerprint density at radius 1 is 1.17 bits per heavy atom. The van der Waals surface area contributed by atoms with Gasteiger partial charge in [0, 0.05) is 11.7 Å². The first-order valence-electron chi connectivity index (χ1n) is 8.77. The molecule has 0 spiro atoms. The number of rotatable bonds is 4. The van der Waals surface area contributed by atoms with E-state index in [1.54, 1.807) is 0 Å². The van der Waals surface area contributed by atoms with Crippen molar-refractivity contribution in [2.75, 3.05) is 11.9 Å². The van der Waals surface area contributed by atoms with Gasteiger partial charge in [0.1, 0.15) is 12.1 Å². The van der Waals surface area contributed by atoms with Gasteiger partial charge in [0.15, 0.2) is 5.96 Å². The van der Waals surface area contributed by atoms with E-state index < -0.39 is 5.60 Å². The van der Waals surface area contributed by atoms with E-state index in [-0.39, 0.29) is 12.5 Å². The molecular weight excluding hydrogens is 302 g/mol. The molecule has 0 aliphatic heterocycles. The van der Waals surface area contributed by atoms with Crippen LogP contribution in [0.5, 0.6) is 0 Å². The predicted octanol–water partition coefficient (Wildman–Crippen LogP) is 3.72. The summed E-state index contributed by atoms with van der Waals surface area (Å²) in [5, 5.41) is 6.73. The number of anilines is 1. The van der Waals surface area contributed by atoms with E-state index in [0.29, 0.717) is 12.0 Å². The molecule has 0 bridgehead atoms. The Bertz CT molecular complexity index is 543. The third-order valence-electron chi connectivity index (χ3n) is 3.77. The van der Waals surface area contributed by atoms with Crippen LogP contribution in [0.4, 0.5) is 5.69 Å². The van der Waals surface area contributed by atoms with Crippen LogP contribution in [0.15, 0.2) is 35.3 Å². The SMILES string of the molecule is CC(C)(C)OC(=O)CN=C(Nc1ccccc1)NC1CCCCC1. The average molecular weight is 331 g/mol. The summed E-state index contributed by atoms with van der Waals surface area (Å²) < 4.78 is 5.33. The number of para-hydroxylation sites is 1. The molecule has 0 amide bonds. The van der Waals surface area contributed by atoms with Gasteiger partial charge in [-0.1, -0.05) is 37.5 Å². The normalized spacial score (nSPS) is 16.5. The molecule has 0 radical (unpaired) electrons. The van der Waals surface area contributed by atoms with E-state index in [2.05, 4.69) is 15.6 Å². The number of carbonyl (C=O) groups is 1. The van der Waals surface area contributed by atoms with Crippen LogP contribution in [-0.2, 0) is 9.53 Å². The van der Waals surface area contributed by atoms with Crippen LogP contribution in [0.25, 0.3) is 0 Å². The van der Waals surface area contributed by atoms with Crippen molar-refractivity contribution in [1.82, 2.24) is 5.32 Å². The van der Waals surface area contributed by atoms with Gasteiger partial charge >= 0.3 is 5.97 Å². The number of nitrogens with zero attached hydrogens (tertiary/aromatic N) is 1. The molecule has 0 heterocycles. The molecule has 0 aromatic heterocycles. The first-order valence-corrected chi connectivity index (χ1v) is 8.77. The van der Waals surface area contributed by atoms with Gasteiger partial charge in [-0.05, 0) is 45.7 Å². The van der Waals surface area contributed by atoms with Crippen molar-refractivity contribution in [1.29, 1.82) is 0 Å². The van der Waals surface area contributed by atoms with E-state index in [1.807, 2.05) is 51.1 Å². The summed E-state index contributed by atoms with van der Waals surface area (Å²) in [4.78, 5) is 16.3. The number of aliphatic imine (C=N–C) groups is 1. The molecule has 5 heteroatoms. The zero-order valence-corrected chi connectivity index (χ0v) is 15.0. The maximum absolute atomic E-state index is 11.9. The van der Waals surface area contributed by atoms with Crippen molar-refractivity contribution >= 4 is 17.6 Å². The molecule has 0 unspecified atom stereocenters. The lowest BCUT2D eigenvalue weighted by Gasteiger charge is -2.25. The van der Waals surface area contributed by atoms with Crippen molar-refractivity contribution in [3.8, 4) is 0 Å². The minimum atomic E-state index is -0.490. The van der Waals surface area contributed by atoms with Crippen molar-refractivity contribution < 1.29 is 9.53 Å². The highest BCUT2D eigenvalue weighted by atomic mass is 16.6. The van der Waals surface area contributed by atoms with Crippen molar-refractivity contribution in [3.63, 3.8) is 0 Å². The van der Waals surface area contributed by atoms with Gasteiger partial charge in [-0.25, -0.2) is 4.99 Å². The number of ether oxygens (including phenoxy) is 1. The van der Waals surface area contributed by atoms with Crippen molar-refractivity contribution in [2.45, 2.75) is 64.5 Å². The molecule has 2 N–H and O–H groups in total. The molecule has 1 aliphatic carbocycles. The maximum Gasteiger partial charge on any atom is 0.328 e. The fourth-order valence-electron chi connectivity index (χ4n) is 2.74. The zero-order valence-electron chi connectivity index (χ0n) is 15.0. The van der Waals surface area contributed by atoms with Gasteiger partial charge in [-0.3, -0.25) is 4.79 Å². The van der Waals surface area contributed by atoms with Gasteiger partial charge in [0.05, 0.1) is 0 Å². The van der Waals surface area contributed by atoms with E-state index in [0.717, 1.165) is 18.5 Å². The summed E-state index contributed by atoms with van der Waals surface area (Å²) in [6.07, 6.45) is 6.06. The van der Waals surface area contributed by atoms with Gasteiger partial charge in [0.25, 0.3) is 0 Å². The summed E-state index contributed by atoms with van der Waals surface area (Å²) in [6, 6.07) is 10.3. The zero-order chi connectivity index (χ0) is 17.4. The molecule has 1 aromatic carbocycles. The molecule has 132 valence electrons. The van der Waals surface area contributed by atoms with Gasteiger partial charge in [-0.15, -0.1) is 0 Å². The van der Waals surface area contributed by atoms with Gasteiger partial charge < -0.3 is 15.4 Å². The number of carbonyl (C=O) groups excluding carboxylic acids is 1. The molecule has 2 rings (SSSR count). The Morgan fingerprint density at radius 2 is 1.83 bits per heavy atom. The quantitative estimate of drug-likeness (QED) is 0.501. The second kappa shape index (κ2) is 8.71. The fourth-order valence-corrected chi connectivity index (χ4v) is 2.74. The largest absolute Gasteiger partial charge is 0.459 e. The van der Waals surface area contributed by atoms with Gasteiger partial charge in [-0.2, -0.15) is 0 Å². The average Bonchev–Trinajstić information content (AvgIpc) is 2.53. The van der Waals surface area contributed by atoms with Crippen molar-refractivity contribution in [2.24, 2.45) is 4.99 Å². The molecule has 0 atom stereocenters. The molecule has 5 nitrogen and oxygen atoms in total. The number of hydrogen-bond donors (Lipinski definition) is 2. The summed E-state index contributed by atoms with van der Waals surface area (Å²) in [5.74, 6) is 0.319. The molecule has 1 fully saturated rings. The Labute approximate surface area is 144 Å². The first kappa shape index (κ1) is 18.3. The van der Waals surface area contributed by atoms with E-state index in [9.17, 15) is 4.79 Å². The Morgan fingerprint density at radius 3 is 2.46 bits per heavy atom. The second-order valence-corrected chi connectivity index (χ2v) is 7.22. The van der Waals surface area contributed by atoms with E-state index in [1.165, 1.54) is 19.3 Å². The summed E-state index contributed by atoms with van der Waals surface area (Å²) in [5.41, 5.74) is 0.458. The number of nitrogens with one attached hydrogen (secondary N) is 2. The topological polar surface area (TPSA) is 62.7 Å². The summed E-state index contributed by atoms with van der Waals surface area (Å²) in [6.45, 7) is 5.58. The Balaban J connectivity index is 2.00. The van der Waals surface area contributed by atoms with Crippen LogP contribution in [0.2, 0.25) is 0 Å². The molecule has 0 saturated heterocycles. The minimum Gasteiger partial charge on any atom is -0.459 e. The number of benzene rings is 1. The second-order valence-electron chi connectivity index (χ2n) is 7.22. The van der Waals surface area contributed by atoms with Crippen LogP contribution < -0.4 is 10.6 Å². The van der Waals surface area contributed by atoms with Crippen LogP contribution in [0.3, 0.4) is 0 Å². The van der Waals surface area contributed by atoms with Crippen LogP contribution >= 0.6 is 0 Å². The molecular formula is C19H29N3O2. The Kier molecular flexibility index (Phi) is 6.64. The van der Waals surface area contributed by atoms with Crippen LogP contribution in [-0.4, -0.2) is 30.1 Å². The predicted molar refractivity (Wildman–Crippen MR) is 98.2 cm³/mol. The van der Waals surface area contributed by atoms with E-state index >= 15 is 0 Å². The lowest BCUT2D eigenvalue weighted by Crippen LogP contribution is -2.40.